The largest absolute Gasteiger partial charge is 0.489 e. The highest BCUT2D eigenvalue weighted by molar-refractivity contribution is 6.32. The van der Waals surface area contributed by atoms with Crippen molar-refractivity contribution in [1.29, 1.82) is 0 Å². The van der Waals surface area contributed by atoms with Gasteiger partial charge in [-0.2, -0.15) is 0 Å². The number of rotatable bonds is 2. The molecule has 0 fully saturated rings. The molecule has 16 heavy (non-hydrogen) atoms. The molecule has 0 aromatic heterocycles. The molecular weight excluding hydrogens is 233 g/mol. The van der Waals surface area contributed by atoms with Crippen LogP contribution in [-0.2, 0) is 6.42 Å². The van der Waals surface area contributed by atoms with Crippen LogP contribution in [0.1, 0.15) is 12.0 Å². The smallest absolute Gasteiger partial charge is 0.182 e. The highest BCUT2D eigenvalue weighted by Crippen LogP contribution is 2.40. The Morgan fingerprint density at radius 1 is 1.38 bits per heavy atom. The molecule has 5 heteroatoms. The molecule has 88 valence electrons. The molecule has 1 aliphatic heterocycles. The van der Waals surface area contributed by atoms with Gasteiger partial charge in [0.05, 0.1) is 13.2 Å². The van der Waals surface area contributed by atoms with E-state index in [4.69, 9.17) is 26.8 Å². The number of benzene rings is 1. The molecule has 0 saturated heterocycles. The van der Waals surface area contributed by atoms with Crippen molar-refractivity contribution in [1.82, 2.24) is 0 Å². The molecule has 1 aromatic rings. The predicted octanol–water partition coefficient (Wildman–Crippen LogP) is 2.14. The van der Waals surface area contributed by atoms with Crippen molar-refractivity contribution in [2.45, 2.75) is 12.8 Å². The minimum atomic E-state index is -0.462. The van der Waals surface area contributed by atoms with Gasteiger partial charge in [-0.15, -0.1) is 0 Å². The van der Waals surface area contributed by atoms with Gasteiger partial charge in [0.25, 0.3) is 0 Å². The summed E-state index contributed by atoms with van der Waals surface area (Å²) in [5.74, 6) is 0.348. The van der Waals surface area contributed by atoms with Crippen LogP contribution in [0.4, 0.5) is 4.39 Å². The molecule has 2 N–H and O–H groups in total. The van der Waals surface area contributed by atoms with Crippen molar-refractivity contribution in [2.75, 3.05) is 19.8 Å². The maximum atomic E-state index is 13.8. The van der Waals surface area contributed by atoms with Crippen molar-refractivity contribution >= 4 is 11.6 Å². The van der Waals surface area contributed by atoms with E-state index >= 15 is 0 Å². The van der Waals surface area contributed by atoms with Gasteiger partial charge in [0.1, 0.15) is 10.8 Å². The minimum Gasteiger partial charge on any atom is -0.489 e. The summed E-state index contributed by atoms with van der Waals surface area (Å²) in [5.41, 5.74) is 5.87. The van der Waals surface area contributed by atoms with Gasteiger partial charge in [-0.3, -0.25) is 0 Å². The Balaban J connectivity index is 2.46. The average molecular weight is 246 g/mol. The van der Waals surface area contributed by atoms with E-state index in [1.807, 2.05) is 0 Å². The van der Waals surface area contributed by atoms with Crippen molar-refractivity contribution in [3.05, 3.63) is 22.5 Å². The Hall–Kier alpha value is -1.00. The van der Waals surface area contributed by atoms with E-state index in [9.17, 15) is 4.39 Å². The van der Waals surface area contributed by atoms with Crippen LogP contribution < -0.4 is 15.2 Å². The molecule has 0 amide bonds. The molecule has 0 unspecified atom stereocenters. The standard InChI is InChI=1S/C11H13ClFNO2/c12-9-10(13)7(2-3-14)6-8-11(9)16-5-1-4-15-8/h6H,1-5,14H2. The van der Waals surface area contributed by atoms with E-state index in [2.05, 4.69) is 0 Å². The molecule has 0 radical (unpaired) electrons. The van der Waals surface area contributed by atoms with Gasteiger partial charge < -0.3 is 15.2 Å². The Morgan fingerprint density at radius 2 is 2.12 bits per heavy atom. The molecule has 3 nitrogen and oxygen atoms in total. The Morgan fingerprint density at radius 3 is 2.88 bits per heavy atom. The molecule has 2 rings (SSSR count). The van der Waals surface area contributed by atoms with Gasteiger partial charge in [-0.25, -0.2) is 4.39 Å². The summed E-state index contributed by atoms with van der Waals surface area (Å²) < 4.78 is 24.6. The number of nitrogens with two attached hydrogens (primary N) is 1. The molecule has 0 atom stereocenters. The van der Waals surface area contributed by atoms with Crippen molar-refractivity contribution < 1.29 is 13.9 Å². The summed E-state index contributed by atoms with van der Waals surface area (Å²) >= 11 is 5.90. The molecule has 0 aliphatic carbocycles. The number of halogens is 2. The van der Waals surface area contributed by atoms with Crippen LogP contribution in [0.3, 0.4) is 0 Å². The fourth-order valence-corrected chi connectivity index (χ4v) is 1.90. The van der Waals surface area contributed by atoms with Gasteiger partial charge in [-0.1, -0.05) is 11.6 Å². The topological polar surface area (TPSA) is 44.5 Å². The summed E-state index contributed by atoms with van der Waals surface area (Å²) in [6.45, 7) is 1.41. The van der Waals surface area contributed by atoms with E-state index in [-0.39, 0.29) is 5.02 Å². The van der Waals surface area contributed by atoms with Gasteiger partial charge in [0.15, 0.2) is 11.5 Å². The molecule has 0 bridgehead atoms. The summed E-state index contributed by atoms with van der Waals surface area (Å²) in [5, 5.41) is -0.0112. The van der Waals surface area contributed by atoms with Crippen LogP contribution in [0.2, 0.25) is 5.02 Å². The maximum absolute atomic E-state index is 13.8. The first-order valence-electron chi connectivity index (χ1n) is 5.20. The normalized spacial score (nSPS) is 14.7. The zero-order valence-electron chi connectivity index (χ0n) is 8.76. The lowest BCUT2D eigenvalue weighted by Crippen LogP contribution is -2.06. The van der Waals surface area contributed by atoms with Crippen molar-refractivity contribution in [2.24, 2.45) is 5.73 Å². The second-order valence-electron chi connectivity index (χ2n) is 3.58. The number of fused-ring (bicyclic) bond motifs is 1. The molecular formula is C11H13ClFNO2. The molecule has 0 saturated carbocycles. The van der Waals surface area contributed by atoms with E-state index < -0.39 is 5.82 Å². The van der Waals surface area contributed by atoms with Crippen LogP contribution in [0.25, 0.3) is 0 Å². The van der Waals surface area contributed by atoms with Crippen molar-refractivity contribution in [3.8, 4) is 11.5 Å². The molecule has 1 aromatic carbocycles. The number of ether oxygens (including phenoxy) is 2. The lowest BCUT2D eigenvalue weighted by molar-refractivity contribution is 0.296. The third-order valence-corrected chi connectivity index (χ3v) is 2.75. The van der Waals surface area contributed by atoms with Gasteiger partial charge in [0, 0.05) is 6.42 Å². The quantitative estimate of drug-likeness (QED) is 0.868. The second-order valence-corrected chi connectivity index (χ2v) is 3.96. The third kappa shape index (κ3) is 2.08. The Kier molecular flexibility index (Phi) is 3.51. The summed E-state index contributed by atoms with van der Waals surface area (Å²) in [6.07, 6.45) is 1.20. The summed E-state index contributed by atoms with van der Waals surface area (Å²) in [7, 11) is 0. The first-order valence-corrected chi connectivity index (χ1v) is 5.58. The van der Waals surface area contributed by atoms with Gasteiger partial charge in [0.2, 0.25) is 0 Å². The van der Waals surface area contributed by atoms with E-state index in [1.54, 1.807) is 6.07 Å². The minimum absolute atomic E-state index is 0.0112. The van der Waals surface area contributed by atoms with Crippen molar-refractivity contribution in [3.63, 3.8) is 0 Å². The second kappa shape index (κ2) is 4.89. The monoisotopic (exact) mass is 245 g/mol. The number of hydrogen-bond acceptors (Lipinski definition) is 3. The maximum Gasteiger partial charge on any atom is 0.182 e. The zero-order chi connectivity index (χ0) is 11.5. The Labute approximate surface area is 98.3 Å². The van der Waals surface area contributed by atoms with Gasteiger partial charge >= 0.3 is 0 Å². The fourth-order valence-electron chi connectivity index (χ4n) is 1.63. The lowest BCUT2D eigenvalue weighted by atomic mass is 10.1. The zero-order valence-corrected chi connectivity index (χ0v) is 9.52. The van der Waals surface area contributed by atoms with Crippen LogP contribution in [0.15, 0.2) is 6.07 Å². The molecule has 1 heterocycles. The highest BCUT2D eigenvalue weighted by Gasteiger charge is 2.20. The van der Waals surface area contributed by atoms with E-state index in [1.165, 1.54) is 0 Å². The average Bonchev–Trinajstić information content (AvgIpc) is 2.51. The molecule has 0 spiro atoms. The Bertz CT molecular complexity index is 398. The first-order chi connectivity index (χ1) is 7.74. The SMILES string of the molecule is NCCc1cc2c(c(Cl)c1F)OCCCO2. The summed E-state index contributed by atoms with van der Waals surface area (Å²) in [6, 6.07) is 1.62. The fraction of sp³-hybridized carbons (Fsp3) is 0.455. The summed E-state index contributed by atoms with van der Waals surface area (Å²) in [4.78, 5) is 0. The number of hydrogen-bond donors (Lipinski definition) is 1. The van der Waals surface area contributed by atoms with E-state index in [0.717, 1.165) is 6.42 Å². The lowest BCUT2D eigenvalue weighted by Gasteiger charge is -2.12. The van der Waals surface area contributed by atoms with Gasteiger partial charge in [-0.05, 0) is 24.6 Å². The van der Waals surface area contributed by atoms with Crippen LogP contribution >= 0.6 is 11.6 Å². The first kappa shape index (κ1) is 11.5. The van der Waals surface area contributed by atoms with E-state index in [0.29, 0.717) is 43.2 Å². The predicted molar refractivity (Wildman–Crippen MR) is 59.8 cm³/mol. The molecule has 1 aliphatic rings. The third-order valence-electron chi connectivity index (χ3n) is 2.41. The van der Waals surface area contributed by atoms with Crippen LogP contribution in [0.5, 0.6) is 11.5 Å². The van der Waals surface area contributed by atoms with Crippen LogP contribution in [-0.4, -0.2) is 19.8 Å². The highest BCUT2D eigenvalue weighted by atomic mass is 35.5. The van der Waals surface area contributed by atoms with Crippen LogP contribution in [0, 0.1) is 5.82 Å².